The van der Waals surface area contributed by atoms with E-state index in [4.69, 9.17) is 27.7 Å². The number of thioether (sulfide) groups is 1. The van der Waals surface area contributed by atoms with E-state index in [1.54, 1.807) is 23.1 Å². The van der Waals surface area contributed by atoms with Crippen LogP contribution in [-0.2, 0) is 0 Å². The second kappa shape index (κ2) is 6.42. The fraction of sp³-hybridized carbons (Fsp3) is 0.0667. The molecule has 2 heterocycles. The lowest BCUT2D eigenvalue weighted by Gasteiger charge is -1.98. The number of hydrogen-bond donors (Lipinski definition) is 2. The Bertz CT molecular complexity index is 821. The highest BCUT2D eigenvalue weighted by Gasteiger charge is 2.16. The lowest BCUT2D eigenvalue weighted by atomic mass is 10.2. The van der Waals surface area contributed by atoms with Crippen molar-refractivity contribution in [2.45, 2.75) is 4.21 Å². The van der Waals surface area contributed by atoms with E-state index in [9.17, 15) is 0 Å². The van der Waals surface area contributed by atoms with Crippen LogP contribution in [0.5, 0.6) is 0 Å². The molecule has 0 aliphatic carbocycles. The summed E-state index contributed by atoms with van der Waals surface area (Å²) in [5.74, 6) is 0.0866. The van der Waals surface area contributed by atoms with Gasteiger partial charge in [-0.05, 0) is 24.5 Å². The minimum Gasteiger partial charge on any atom is -0.383 e. The fourth-order valence-electron chi connectivity index (χ4n) is 1.98. The lowest BCUT2D eigenvalue weighted by molar-refractivity contribution is 1.39. The average molecular weight is 366 g/mol. The van der Waals surface area contributed by atoms with Crippen LogP contribution >= 0.6 is 46.0 Å². The molecule has 7 heteroatoms. The maximum atomic E-state index is 7.75. The Morgan fingerprint density at radius 1 is 1.32 bits per heavy atom. The second-order valence-electron chi connectivity index (χ2n) is 4.47. The standard InChI is InChI=1S/C15H12ClN3S3/c1-20-12-6-10(13(22-12)14(17)18)15-19-11(7-21-15)8-2-4-9(16)5-3-8/h2-7H,1H3,(H3,17,18). The Morgan fingerprint density at radius 2 is 2.05 bits per heavy atom. The van der Waals surface area contributed by atoms with Crippen molar-refractivity contribution < 1.29 is 0 Å². The van der Waals surface area contributed by atoms with E-state index >= 15 is 0 Å². The van der Waals surface area contributed by atoms with Crippen LogP contribution in [0.4, 0.5) is 0 Å². The number of nitrogens with one attached hydrogen (secondary N) is 1. The number of thiazole rings is 1. The largest absolute Gasteiger partial charge is 0.383 e. The van der Waals surface area contributed by atoms with E-state index in [1.807, 2.05) is 35.9 Å². The van der Waals surface area contributed by atoms with Crippen LogP contribution in [0, 0.1) is 5.41 Å². The predicted octanol–water partition coefficient (Wildman–Crippen LogP) is 5.20. The van der Waals surface area contributed by atoms with Gasteiger partial charge < -0.3 is 5.73 Å². The summed E-state index contributed by atoms with van der Waals surface area (Å²) in [6, 6.07) is 9.67. The number of hydrogen-bond acceptors (Lipinski definition) is 5. The summed E-state index contributed by atoms with van der Waals surface area (Å²) in [6.07, 6.45) is 2.01. The number of amidine groups is 1. The van der Waals surface area contributed by atoms with Gasteiger partial charge in [0.1, 0.15) is 10.8 Å². The molecular formula is C15H12ClN3S3. The quantitative estimate of drug-likeness (QED) is 0.379. The van der Waals surface area contributed by atoms with Gasteiger partial charge in [-0.1, -0.05) is 23.7 Å². The number of nitrogen functional groups attached to an aromatic ring is 1. The molecule has 0 radical (unpaired) electrons. The molecule has 0 atom stereocenters. The van der Waals surface area contributed by atoms with Crippen LogP contribution in [0.3, 0.4) is 0 Å². The maximum Gasteiger partial charge on any atom is 0.133 e. The molecule has 3 rings (SSSR count). The molecule has 0 saturated heterocycles. The Hall–Kier alpha value is -1.34. The van der Waals surface area contributed by atoms with Gasteiger partial charge in [-0.25, -0.2) is 4.98 Å². The third kappa shape index (κ3) is 3.05. The molecule has 0 spiro atoms. The van der Waals surface area contributed by atoms with Crippen molar-refractivity contribution in [3.05, 3.63) is 45.6 Å². The monoisotopic (exact) mass is 365 g/mol. The number of benzene rings is 1. The van der Waals surface area contributed by atoms with Gasteiger partial charge in [0.05, 0.1) is 14.8 Å². The Labute approximate surface area is 145 Å². The number of nitrogens with zero attached hydrogens (tertiary/aromatic N) is 1. The van der Waals surface area contributed by atoms with E-state index in [2.05, 4.69) is 6.07 Å². The highest BCUT2D eigenvalue weighted by atomic mass is 35.5. The van der Waals surface area contributed by atoms with Gasteiger partial charge in [0, 0.05) is 21.5 Å². The number of rotatable bonds is 4. The first kappa shape index (κ1) is 15.6. The first-order valence-corrected chi connectivity index (χ1v) is 9.62. The molecule has 1 aromatic carbocycles. The van der Waals surface area contributed by atoms with Crippen molar-refractivity contribution in [2.24, 2.45) is 5.73 Å². The predicted molar refractivity (Wildman–Crippen MR) is 98.7 cm³/mol. The lowest BCUT2D eigenvalue weighted by Crippen LogP contribution is -2.09. The molecule has 0 bridgehead atoms. The molecule has 112 valence electrons. The summed E-state index contributed by atoms with van der Waals surface area (Å²) >= 11 is 10.7. The van der Waals surface area contributed by atoms with Crippen LogP contribution in [0.15, 0.2) is 39.9 Å². The molecular weight excluding hydrogens is 354 g/mol. The molecule has 3 N–H and O–H groups in total. The number of aromatic nitrogens is 1. The molecule has 0 saturated carbocycles. The van der Waals surface area contributed by atoms with E-state index < -0.39 is 0 Å². The number of nitrogens with two attached hydrogens (primary N) is 1. The highest BCUT2D eigenvalue weighted by molar-refractivity contribution is 8.00. The third-order valence-electron chi connectivity index (χ3n) is 3.03. The maximum absolute atomic E-state index is 7.75. The van der Waals surface area contributed by atoms with E-state index in [0.717, 1.165) is 30.9 Å². The summed E-state index contributed by atoms with van der Waals surface area (Å²) < 4.78 is 1.13. The first-order chi connectivity index (χ1) is 10.6. The van der Waals surface area contributed by atoms with Gasteiger partial charge in [-0.15, -0.1) is 34.4 Å². The van der Waals surface area contributed by atoms with Gasteiger partial charge in [-0.3, -0.25) is 5.41 Å². The molecule has 3 nitrogen and oxygen atoms in total. The minimum absolute atomic E-state index is 0.0866. The molecule has 0 aliphatic heterocycles. The van der Waals surface area contributed by atoms with Crippen molar-refractivity contribution in [3.63, 3.8) is 0 Å². The smallest absolute Gasteiger partial charge is 0.133 e. The second-order valence-corrected chi connectivity index (χ2v) is 7.92. The van der Waals surface area contributed by atoms with Crippen molar-refractivity contribution in [3.8, 4) is 21.8 Å². The van der Waals surface area contributed by atoms with Crippen LogP contribution in [0.2, 0.25) is 5.02 Å². The zero-order chi connectivity index (χ0) is 15.7. The van der Waals surface area contributed by atoms with Gasteiger partial charge >= 0.3 is 0 Å². The van der Waals surface area contributed by atoms with Crippen LogP contribution in [-0.4, -0.2) is 17.1 Å². The van der Waals surface area contributed by atoms with E-state index in [-0.39, 0.29) is 5.84 Å². The highest BCUT2D eigenvalue weighted by Crippen LogP contribution is 2.38. The molecule has 22 heavy (non-hydrogen) atoms. The molecule has 0 fully saturated rings. The molecule has 3 aromatic rings. The van der Waals surface area contributed by atoms with E-state index in [0.29, 0.717) is 5.02 Å². The summed E-state index contributed by atoms with van der Waals surface area (Å²) in [5, 5.41) is 11.4. The van der Waals surface area contributed by atoms with Crippen molar-refractivity contribution in [1.29, 1.82) is 5.41 Å². The molecule has 0 aliphatic rings. The SMILES string of the molecule is CSc1cc(-c2nc(-c3ccc(Cl)cc3)cs2)c(C(=N)N)s1. The normalized spacial score (nSPS) is 10.8. The Balaban J connectivity index is 2.02. The van der Waals surface area contributed by atoms with Gasteiger partial charge in [-0.2, -0.15) is 0 Å². The first-order valence-electron chi connectivity index (χ1n) is 6.32. The average Bonchev–Trinajstić information content (AvgIpc) is 3.14. The number of thiophene rings is 1. The third-order valence-corrected chi connectivity index (χ3v) is 6.39. The Kier molecular flexibility index (Phi) is 4.54. The summed E-state index contributed by atoms with van der Waals surface area (Å²) in [6.45, 7) is 0. The topological polar surface area (TPSA) is 62.8 Å². The fourth-order valence-corrected chi connectivity index (χ4v) is 4.59. The summed E-state index contributed by atoms with van der Waals surface area (Å²) in [4.78, 5) is 5.47. The Morgan fingerprint density at radius 3 is 2.68 bits per heavy atom. The molecule has 0 unspecified atom stereocenters. The molecule has 2 aromatic heterocycles. The summed E-state index contributed by atoms with van der Waals surface area (Å²) in [5.41, 5.74) is 8.57. The van der Waals surface area contributed by atoms with Crippen LogP contribution in [0.25, 0.3) is 21.8 Å². The zero-order valence-corrected chi connectivity index (χ0v) is 14.8. The van der Waals surface area contributed by atoms with Crippen molar-refractivity contribution in [2.75, 3.05) is 6.26 Å². The summed E-state index contributed by atoms with van der Waals surface area (Å²) in [7, 11) is 0. The van der Waals surface area contributed by atoms with Crippen molar-refractivity contribution >= 4 is 51.9 Å². The van der Waals surface area contributed by atoms with Gasteiger partial charge in [0.15, 0.2) is 0 Å². The zero-order valence-electron chi connectivity index (χ0n) is 11.6. The van der Waals surface area contributed by atoms with Crippen LogP contribution < -0.4 is 5.73 Å². The van der Waals surface area contributed by atoms with Gasteiger partial charge in [0.2, 0.25) is 0 Å². The minimum atomic E-state index is 0.0866. The van der Waals surface area contributed by atoms with Crippen molar-refractivity contribution in [1.82, 2.24) is 4.98 Å². The van der Waals surface area contributed by atoms with E-state index in [1.165, 1.54) is 11.3 Å². The van der Waals surface area contributed by atoms with Gasteiger partial charge in [0.25, 0.3) is 0 Å². The number of halogens is 1. The van der Waals surface area contributed by atoms with Crippen LogP contribution in [0.1, 0.15) is 4.88 Å². The molecule has 0 amide bonds.